The minimum atomic E-state index is -0.282. The first-order chi connectivity index (χ1) is 7.79. The summed E-state index contributed by atoms with van der Waals surface area (Å²) in [5.74, 6) is 0.859. The number of nitrogens with one attached hydrogen (secondary N) is 1. The highest BCUT2D eigenvalue weighted by molar-refractivity contribution is 5.27. The van der Waals surface area contributed by atoms with Gasteiger partial charge in [0.1, 0.15) is 5.75 Å². The number of hydrogen-bond donors (Lipinski definition) is 2. The van der Waals surface area contributed by atoms with Crippen LogP contribution in [0.5, 0.6) is 5.75 Å². The Kier molecular flexibility index (Phi) is 3.80. The lowest BCUT2D eigenvalue weighted by atomic mass is 10.0. The average Bonchev–Trinajstić information content (AvgIpc) is 2.83. The molecule has 1 fully saturated rings. The molecule has 1 aliphatic heterocycles. The van der Waals surface area contributed by atoms with Crippen LogP contribution in [0.25, 0.3) is 0 Å². The van der Waals surface area contributed by atoms with Gasteiger partial charge in [-0.2, -0.15) is 0 Å². The third-order valence-corrected chi connectivity index (χ3v) is 3.17. The minimum Gasteiger partial charge on any atom is -0.497 e. The summed E-state index contributed by atoms with van der Waals surface area (Å²) in [6.07, 6.45) is 2.68. The van der Waals surface area contributed by atoms with E-state index in [2.05, 4.69) is 5.32 Å². The zero-order valence-electron chi connectivity index (χ0n) is 9.65. The van der Waals surface area contributed by atoms with E-state index in [9.17, 15) is 5.11 Å². The molecule has 0 aromatic heterocycles. The number of methoxy groups -OCH3 is 1. The van der Waals surface area contributed by atoms with E-state index in [0.717, 1.165) is 24.3 Å². The molecule has 0 aliphatic carbocycles. The topological polar surface area (TPSA) is 41.5 Å². The van der Waals surface area contributed by atoms with Crippen molar-refractivity contribution in [2.24, 2.45) is 0 Å². The van der Waals surface area contributed by atoms with Gasteiger partial charge in [-0.15, -0.1) is 0 Å². The highest BCUT2D eigenvalue weighted by Gasteiger charge is 2.22. The highest BCUT2D eigenvalue weighted by atomic mass is 16.5. The number of aliphatic hydroxyl groups is 1. The summed E-state index contributed by atoms with van der Waals surface area (Å²) in [6, 6.07) is 8.16. The number of hydrogen-bond acceptors (Lipinski definition) is 3. The van der Waals surface area contributed by atoms with E-state index >= 15 is 0 Å². The molecule has 1 aromatic rings. The quantitative estimate of drug-likeness (QED) is 0.806. The van der Waals surface area contributed by atoms with Crippen molar-refractivity contribution in [3.63, 3.8) is 0 Å². The van der Waals surface area contributed by atoms with Crippen molar-refractivity contribution in [3.8, 4) is 5.75 Å². The first-order valence-electron chi connectivity index (χ1n) is 5.84. The molecule has 1 heterocycles. The van der Waals surface area contributed by atoms with Crippen LogP contribution in [0.4, 0.5) is 0 Å². The molecule has 0 amide bonds. The van der Waals surface area contributed by atoms with E-state index in [-0.39, 0.29) is 12.1 Å². The van der Waals surface area contributed by atoms with Crippen LogP contribution in [0.1, 0.15) is 18.4 Å². The number of ether oxygens (including phenoxy) is 1. The van der Waals surface area contributed by atoms with E-state index in [1.807, 2.05) is 24.3 Å². The van der Waals surface area contributed by atoms with Crippen LogP contribution in [0, 0.1) is 0 Å². The second-order valence-corrected chi connectivity index (χ2v) is 4.32. The maximum absolute atomic E-state index is 10.0. The van der Waals surface area contributed by atoms with Crippen molar-refractivity contribution in [1.82, 2.24) is 5.32 Å². The van der Waals surface area contributed by atoms with Crippen molar-refractivity contribution in [2.75, 3.05) is 13.7 Å². The summed E-state index contributed by atoms with van der Waals surface area (Å²) in [7, 11) is 1.66. The van der Waals surface area contributed by atoms with Crippen LogP contribution >= 0.6 is 0 Å². The smallest absolute Gasteiger partial charge is 0.118 e. The summed E-state index contributed by atoms with van der Waals surface area (Å²) in [4.78, 5) is 0. The lowest BCUT2D eigenvalue weighted by molar-refractivity contribution is 0.136. The highest BCUT2D eigenvalue weighted by Crippen LogP contribution is 2.16. The molecule has 2 unspecified atom stereocenters. The summed E-state index contributed by atoms with van der Waals surface area (Å²) in [6.45, 7) is 1.03. The molecule has 0 spiro atoms. The predicted molar refractivity (Wildman–Crippen MR) is 63.7 cm³/mol. The monoisotopic (exact) mass is 221 g/mol. The van der Waals surface area contributed by atoms with Gasteiger partial charge in [0, 0.05) is 6.04 Å². The van der Waals surface area contributed by atoms with Gasteiger partial charge in [0.15, 0.2) is 0 Å². The zero-order chi connectivity index (χ0) is 11.4. The maximum Gasteiger partial charge on any atom is 0.118 e. The molecule has 2 atom stereocenters. The normalized spacial score (nSPS) is 22.0. The maximum atomic E-state index is 10.0. The van der Waals surface area contributed by atoms with Crippen LogP contribution in [0.2, 0.25) is 0 Å². The van der Waals surface area contributed by atoms with Crippen molar-refractivity contribution < 1.29 is 9.84 Å². The van der Waals surface area contributed by atoms with Crippen LogP contribution in [0.3, 0.4) is 0 Å². The molecule has 1 saturated heterocycles. The Hall–Kier alpha value is -1.06. The lowest BCUT2D eigenvalue weighted by Gasteiger charge is -2.18. The van der Waals surface area contributed by atoms with Crippen LogP contribution in [0.15, 0.2) is 24.3 Å². The van der Waals surface area contributed by atoms with Crippen molar-refractivity contribution >= 4 is 0 Å². The van der Waals surface area contributed by atoms with Gasteiger partial charge in [-0.25, -0.2) is 0 Å². The molecule has 0 saturated carbocycles. The Balaban J connectivity index is 1.92. The van der Waals surface area contributed by atoms with E-state index in [4.69, 9.17) is 4.74 Å². The van der Waals surface area contributed by atoms with E-state index in [0.29, 0.717) is 6.42 Å². The molecule has 0 bridgehead atoms. The molecule has 0 radical (unpaired) electrons. The Morgan fingerprint density at radius 1 is 1.44 bits per heavy atom. The Morgan fingerprint density at radius 3 is 2.75 bits per heavy atom. The predicted octanol–water partition coefficient (Wildman–Crippen LogP) is 1.35. The Bertz CT molecular complexity index is 317. The lowest BCUT2D eigenvalue weighted by Crippen LogP contribution is -2.36. The van der Waals surface area contributed by atoms with Gasteiger partial charge in [-0.1, -0.05) is 12.1 Å². The second kappa shape index (κ2) is 5.32. The third-order valence-electron chi connectivity index (χ3n) is 3.17. The Morgan fingerprint density at radius 2 is 2.19 bits per heavy atom. The fourth-order valence-electron chi connectivity index (χ4n) is 2.19. The minimum absolute atomic E-state index is 0.266. The van der Waals surface area contributed by atoms with Gasteiger partial charge in [0.2, 0.25) is 0 Å². The standard InChI is InChI=1S/C13H19NO2/c1-16-11-6-4-10(5-7-11)9-13(15)12-3-2-8-14-12/h4-7,12-15H,2-3,8-9H2,1H3. The molecule has 3 nitrogen and oxygen atoms in total. The second-order valence-electron chi connectivity index (χ2n) is 4.32. The fourth-order valence-corrected chi connectivity index (χ4v) is 2.19. The molecule has 2 rings (SSSR count). The SMILES string of the molecule is COc1ccc(CC(O)C2CCCN2)cc1. The zero-order valence-corrected chi connectivity index (χ0v) is 9.65. The van der Waals surface area contributed by atoms with Gasteiger partial charge in [-0.05, 0) is 43.5 Å². The van der Waals surface area contributed by atoms with E-state index < -0.39 is 0 Å². The summed E-state index contributed by atoms with van der Waals surface area (Å²) >= 11 is 0. The third kappa shape index (κ3) is 2.74. The van der Waals surface area contributed by atoms with Crippen molar-refractivity contribution in [1.29, 1.82) is 0 Å². The van der Waals surface area contributed by atoms with Gasteiger partial charge in [-0.3, -0.25) is 0 Å². The van der Waals surface area contributed by atoms with Gasteiger partial charge >= 0.3 is 0 Å². The summed E-state index contributed by atoms with van der Waals surface area (Å²) < 4.78 is 5.10. The van der Waals surface area contributed by atoms with Crippen LogP contribution in [-0.2, 0) is 6.42 Å². The largest absolute Gasteiger partial charge is 0.497 e. The van der Waals surface area contributed by atoms with Gasteiger partial charge in [0.05, 0.1) is 13.2 Å². The molecule has 1 aliphatic rings. The van der Waals surface area contributed by atoms with Crippen LogP contribution < -0.4 is 10.1 Å². The van der Waals surface area contributed by atoms with Gasteiger partial charge < -0.3 is 15.2 Å². The van der Waals surface area contributed by atoms with E-state index in [1.54, 1.807) is 7.11 Å². The summed E-state index contributed by atoms with van der Waals surface area (Å²) in [5, 5.41) is 13.4. The molecule has 88 valence electrons. The number of benzene rings is 1. The molecule has 3 heteroatoms. The summed E-state index contributed by atoms with van der Waals surface area (Å²) in [5.41, 5.74) is 1.15. The molecule has 2 N–H and O–H groups in total. The molecular weight excluding hydrogens is 202 g/mol. The van der Waals surface area contributed by atoms with Crippen LogP contribution in [-0.4, -0.2) is 30.9 Å². The first kappa shape index (κ1) is 11.4. The number of aliphatic hydroxyl groups excluding tert-OH is 1. The average molecular weight is 221 g/mol. The molecular formula is C13H19NO2. The molecule has 1 aromatic carbocycles. The van der Waals surface area contributed by atoms with Gasteiger partial charge in [0.25, 0.3) is 0 Å². The van der Waals surface area contributed by atoms with E-state index in [1.165, 1.54) is 6.42 Å². The first-order valence-corrected chi connectivity index (χ1v) is 5.84. The molecule has 16 heavy (non-hydrogen) atoms. The number of rotatable bonds is 4. The van der Waals surface area contributed by atoms with Crippen molar-refractivity contribution in [2.45, 2.75) is 31.4 Å². The fraction of sp³-hybridized carbons (Fsp3) is 0.538. The Labute approximate surface area is 96.4 Å². The van der Waals surface area contributed by atoms with Crippen molar-refractivity contribution in [3.05, 3.63) is 29.8 Å².